The fraction of sp³-hybridized carbons (Fsp3) is 0.208. The fourth-order valence-corrected chi connectivity index (χ4v) is 3.74. The molecule has 0 saturated heterocycles. The van der Waals surface area contributed by atoms with E-state index < -0.39 is 0 Å². The minimum absolute atomic E-state index is 0.129. The van der Waals surface area contributed by atoms with Gasteiger partial charge in [-0.25, -0.2) is 0 Å². The summed E-state index contributed by atoms with van der Waals surface area (Å²) in [6, 6.07) is 16.0. The number of hydrogen-bond donors (Lipinski definition) is 1. The van der Waals surface area contributed by atoms with Crippen LogP contribution in [0.4, 0.5) is 5.69 Å². The Hall–Kier alpha value is -2.78. The fourth-order valence-electron chi connectivity index (χ4n) is 3.57. The quantitative estimate of drug-likeness (QED) is 0.520. The third-order valence-electron chi connectivity index (χ3n) is 5.55. The molecule has 1 aliphatic heterocycles. The van der Waals surface area contributed by atoms with Gasteiger partial charge >= 0.3 is 0 Å². The Morgan fingerprint density at radius 3 is 2.61 bits per heavy atom. The molecule has 28 heavy (non-hydrogen) atoms. The summed E-state index contributed by atoms with van der Waals surface area (Å²) in [5.74, 6) is 0.371. The maximum Gasteiger partial charge on any atom is 0.0783 e. The SMILES string of the molecule is Cc1ccc(Cl)cc1-c1ncccc1-c1ccc2c(c1)C(=N)C(C)C(C)C=N2. The second-order valence-corrected chi connectivity index (χ2v) is 7.87. The summed E-state index contributed by atoms with van der Waals surface area (Å²) >= 11 is 6.26. The average Bonchev–Trinajstić information content (AvgIpc) is 2.82. The van der Waals surface area contributed by atoms with E-state index in [1.165, 1.54) is 0 Å². The van der Waals surface area contributed by atoms with Crippen molar-refractivity contribution in [3.05, 3.63) is 70.9 Å². The van der Waals surface area contributed by atoms with E-state index in [0.717, 1.165) is 39.2 Å². The highest BCUT2D eigenvalue weighted by Crippen LogP contribution is 2.37. The van der Waals surface area contributed by atoms with E-state index in [2.05, 4.69) is 48.9 Å². The van der Waals surface area contributed by atoms with E-state index in [9.17, 15) is 0 Å². The number of hydrogen-bond acceptors (Lipinski definition) is 3. The molecular formula is C24H22ClN3. The molecule has 1 aromatic heterocycles. The van der Waals surface area contributed by atoms with Gasteiger partial charge in [0.15, 0.2) is 0 Å². The summed E-state index contributed by atoms with van der Waals surface area (Å²) in [6.45, 7) is 6.26. The van der Waals surface area contributed by atoms with E-state index in [-0.39, 0.29) is 11.8 Å². The summed E-state index contributed by atoms with van der Waals surface area (Å²) in [6.07, 6.45) is 3.76. The Labute approximate surface area is 170 Å². The standard InChI is InChI=1S/C24H22ClN3/c1-14-6-8-18(25)12-20(14)24-19(5-4-10-27-24)17-7-9-22-21(11-17)23(26)16(3)15(2)13-28-22/h4-13,15-16,26H,1-3H3. The molecule has 140 valence electrons. The molecule has 2 aromatic carbocycles. The Kier molecular flexibility index (Phi) is 4.86. The van der Waals surface area contributed by atoms with Crippen LogP contribution < -0.4 is 0 Å². The van der Waals surface area contributed by atoms with Crippen molar-refractivity contribution >= 4 is 29.2 Å². The molecular weight excluding hydrogens is 366 g/mol. The van der Waals surface area contributed by atoms with Crippen molar-refractivity contribution in [1.29, 1.82) is 5.41 Å². The Morgan fingerprint density at radius 2 is 1.79 bits per heavy atom. The maximum absolute atomic E-state index is 8.67. The molecule has 0 radical (unpaired) electrons. The lowest BCUT2D eigenvalue weighted by Gasteiger charge is -2.17. The first-order valence-electron chi connectivity index (χ1n) is 9.44. The van der Waals surface area contributed by atoms with Crippen molar-refractivity contribution in [1.82, 2.24) is 4.98 Å². The van der Waals surface area contributed by atoms with Gasteiger partial charge in [-0.3, -0.25) is 9.98 Å². The molecule has 0 bridgehead atoms. The summed E-state index contributed by atoms with van der Waals surface area (Å²) in [4.78, 5) is 9.27. The molecule has 2 heterocycles. The predicted molar refractivity (Wildman–Crippen MR) is 118 cm³/mol. The van der Waals surface area contributed by atoms with Crippen LogP contribution in [0.2, 0.25) is 5.02 Å². The molecule has 1 aliphatic rings. The van der Waals surface area contributed by atoms with Crippen molar-refractivity contribution < 1.29 is 0 Å². The normalized spacial score (nSPS) is 18.6. The van der Waals surface area contributed by atoms with Gasteiger partial charge in [-0.15, -0.1) is 0 Å². The molecule has 2 unspecified atom stereocenters. The number of benzene rings is 2. The molecule has 0 spiro atoms. The highest BCUT2D eigenvalue weighted by molar-refractivity contribution is 6.30. The molecule has 0 amide bonds. The number of halogens is 1. The average molecular weight is 388 g/mol. The third kappa shape index (κ3) is 3.27. The van der Waals surface area contributed by atoms with Crippen molar-refractivity contribution in [2.75, 3.05) is 0 Å². The lowest BCUT2D eigenvalue weighted by molar-refractivity contribution is 0.635. The monoisotopic (exact) mass is 387 g/mol. The van der Waals surface area contributed by atoms with Gasteiger partial charge in [-0.1, -0.05) is 43.6 Å². The Balaban J connectivity index is 1.88. The van der Waals surface area contributed by atoms with E-state index in [1.54, 1.807) is 6.20 Å². The number of aromatic nitrogens is 1. The van der Waals surface area contributed by atoms with Crippen molar-refractivity contribution in [2.45, 2.75) is 20.8 Å². The van der Waals surface area contributed by atoms with E-state index in [0.29, 0.717) is 10.7 Å². The van der Waals surface area contributed by atoms with Crippen molar-refractivity contribution in [3.63, 3.8) is 0 Å². The minimum Gasteiger partial charge on any atom is -0.304 e. The third-order valence-corrected chi connectivity index (χ3v) is 5.79. The molecule has 3 nitrogen and oxygen atoms in total. The van der Waals surface area contributed by atoms with Crippen molar-refractivity contribution in [2.24, 2.45) is 16.8 Å². The highest BCUT2D eigenvalue weighted by atomic mass is 35.5. The van der Waals surface area contributed by atoms with Crippen LogP contribution in [0.5, 0.6) is 0 Å². The van der Waals surface area contributed by atoms with Gasteiger partial charge in [0.2, 0.25) is 0 Å². The predicted octanol–water partition coefficient (Wildman–Crippen LogP) is 6.73. The van der Waals surface area contributed by atoms with E-state index in [1.807, 2.05) is 36.5 Å². The molecule has 4 heteroatoms. The number of rotatable bonds is 2. The van der Waals surface area contributed by atoms with E-state index >= 15 is 0 Å². The lowest BCUT2D eigenvalue weighted by Crippen LogP contribution is -2.18. The zero-order valence-corrected chi connectivity index (χ0v) is 17.0. The van der Waals surface area contributed by atoms with Crippen LogP contribution in [0.15, 0.2) is 59.7 Å². The number of pyridine rings is 1. The molecule has 0 aliphatic carbocycles. The summed E-state index contributed by atoms with van der Waals surface area (Å²) in [5, 5.41) is 9.37. The van der Waals surface area contributed by atoms with Crippen LogP contribution in [0.1, 0.15) is 25.0 Å². The Bertz CT molecular complexity index is 1100. The molecule has 0 saturated carbocycles. The largest absolute Gasteiger partial charge is 0.304 e. The number of nitrogens with one attached hydrogen (secondary N) is 1. The molecule has 4 rings (SSSR count). The van der Waals surface area contributed by atoms with Crippen molar-refractivity contribution in [3.8, 4) is 22.4 Å². The van der Waals surface area contributed by atoms with Crippen LogP contribution in [-0.2, 0) is 0 Å². The first-order chi connectivity index (χ1) is 13.5. The number of fused-ring (bicyclic) bond motifs is 1. The van der Waals surface area contributed by atoms with Gasteiger partial charge < -0.3 is 5.41 Å². The first-order valence-corrected chi connectivity index (χ1v) is 9.82. The summed E-state index contributed by atoms with van der Waals surface area (Å²) in [5.41, 5.74) is 7.48. The second kappa shape index (κ2) is 7.33. The van der Waals surface area contributed by atoms with Crippen LogP contribution in [0.3, 0.4) is 0 Å². The number of aliphatic imine (C=N–C) groups is 1. The smallest absolute Gasteiger partial charge is 0.0783 e. The molecule has 1 N–H and O–H groups in total. The van der Waals surface area contributed by atoms with Gasteiger partial charge in [0.25, 0.3) is 0 Å². The van der Waals surface area contributed by atoms with Gasteiger partial charge in [0.05, 0.1) is 11.4 Å². The first kappa shape index (κ1) is 18.6. The van der Waals surface area contributed by atoms with Crippen LogP contribution >= 0.6 is 11.6 Å². The van der Waals surface area contributed by atoms with Crippen LogP contribution in [-0.4, -0.2) is 16.9 Å². The number of nitrogens with zero attached hydrogens (tertiary/aromatic N) is 2. The highest BCUT2D eigenvalue weighted by Gasteiger charge is 2.23. The lowest BCUT2D eigenvalue weighted by atomic mass is 9.87. The topological polar surface area (TPSA) is 49.1 Å². The number of aryl methyl sites for hydroxylation is 1. The van der Waals surface area contributed by atoms with Crippen LogP contribution in [0, 0.1) is 24.2 Å². The van der Waals surface area contributed by atoms with Gasteiger partial charge in [0.1, 0.15) is 0 Å². The maximum atomic E-state index is 8.67. The summed E-state index contributed by atoms with van der Waals surface area (Å²) < 4.78 is 0. The van der Waals surface area contributed by atoms with Crippen LogP contribution in [0.25, 0.3) is 22.4 Å². The van der Waals surface area contributed by atoms with E-state index in [4.69, 9.17) is 17.0 Å². The summed E-state index contributed by atoms with van der Waals surface area (Å²) in [7, 11) is 0. The zero-order chi connectivity index (χ0) is 19.8. The minimum atomic E-state index is 0.129. The van der Waals surface area contributed by atoms with Gasteiger partial charge in [0, 0.05) is 45.8 Å². The second-order valence-electron chi connectivity index (χ2n) is 7.43. The Morgan fingerprint density at radius 1 is 0.964 bits per heavy atom. The van der Waals surface area contributed by atoms with Gasteiger partial charge in [-0.2, -0.15) is 0 Å². The zero-order valence-electron chi connectivity index (χ0n) is 16.2. The molecule has 3 aromatic rings. The van der Waals surface area contributed by atoms with Gasteiger partial charge in [-0.05, 0) is 54.3 Å². The molecule has 0 fully saturated rings. The molecule has 2 atom stereocenters.